The van der Waals surface area contributed by atoms with Crippen molar-refractivity contribution in [3.8, 4) is 0 Å². The number of fused-ring (bicyclic) bond motifs is 1. The van der Waals surface area contributed by atoms with Gasteiger partial charge in [0.15, 0.2) is 0 Å². The maximum absolute atomic E-state index is 12.1. The van der Waals surface area contributed by atoms with E-state index in [0.29, 0.717) is 16.5 Å². The Kier molecular flexibility index (Phi) is 6.47. The number of hydrogen-bond acceptors (Lipinski definition) is 4. The van der Waals surface area contributed by atoms with Gasteiger partial charge in [0.1, 0.15) is 31.1 Å². The summed E-state index contributed by atoms with van der Waals surface area (Å²) in [4.78, 5) is 14.1. The molecule has 1 aromatic carbocycles. The molecule has 0 amide bonds. The zero-order valence-electron chi connectivity index (χ0n) is 11.9. The minimum absolute atomic E-state index is 0. The first-order valence-electron chi connectivity index (χ1n) is 7.01. The summed E-state index contributed by atoms with van der Waals surface area (Å²) in [7, 11) is 0. The van der Waals surface area contributed by atoms with Gasteiger partial charge in [0, 0.05) is 10.1 Å². The zero-order valence-corrected chi connectivity index (χ0v) is 14.3. The monoisotopic (exact) mass is 361 g/mol. The number of morpholine rings is 1. The molecule has 1 aliphatic heterocycles. The van der Waals surface area contributed by atoms with Crippen molar-refractivity contribution in [1.82, 2.24) is 0 Å². The number of rotatable bonds is 4. The molecule has 0 spiro atoms. The Bertz CT molecular complexity index is 641. The molecule has 2 heterocycles. The number of thiophene rings is 1. The lowest BCUT2D eigenvalue weighted by Gasteiger charge is -2.23. The van der Waals surface area contributed by atoms with Crippen LogP contribution in [0, 0.1) is 0 Å². The molecule has 1 saturated heterocycles. The summed E-state index contributed by atoms with van der Waals surface area (Å²) in [5.74, 6) is -0.325. The Labute approximate surface area is 144 Å². The van der Waals surface area contributed by atoms with Crippen LogP contribution in [0.3, 0.4) is 0 Å². The Morgan fingerprint density at radius 1 is 1.32 bits per heavy atom. The third kappa shape index (κ3) is 3.91. The summed E-state index contributed by atoms with van der Waals surface area (Å²) in [6.45, 7) is 4.75. The highest BCUT2D eigenvalue weighted by Gasteiger charge is 2.19. The minimum Gasteiger partial charge on any atom is -1.00 e. The molecule has 3 rings (SSSR count). The predicted molar refractivity (Wildman–Crippen MR) is 83.5 cm³/mol. The standard InChI is InChI=1S/C15H16ClNO3S.ClH/c16-13-11-3-1-2-4-12(11)21-14(13)15(18)20-10-7-17-5-8-19-9-6-17;/h1-4H,5-10H2;1H. The molecule has 0 radical (unpaired) electrons. The van der Waals surface area contributed by atoms with Crippen molar-refractivity contribution in [2.24, 2.45) is 0 Å². The van der Waals surface area contributed by atoms with E-state index in [1.54, 1.807) is 0 Å². The lowest BCUT2D eigenvalue weighted by molar-refractivity contribution is -0.908. The van der Waals surface area contributed by atoms with Gasteiger partial charge in [-0.15, -0.1) is 11.3 Å². The fourth-order valence-electron chi connectivity index (χ4n) is 2.41. The Hall–Kier alpha value is -0.850. The summed E-state index contributed by atoms with van der Waals surface area (Å²) >= 11 is 7.65. The van der Waals surface area contributed by atoms with Crippen LogP contribution in [0.25, 0.3) is 10.1 Å². The van der Waals surface area contributed by atoms with Crippen molar-refractivity contribution in [3.63, 3.8) is 0 Å². The molecule has 2 aromatic rings. The molecule has 0 bridgehead atoms. The normalized spacial score (nSPS) is 15.5. The number of halogens is 2. The second-order valence-electron chi connectivity index (χ2n) is 4.99. The molecule has 0 atom stereocenters. The van der Waals surface area contributed by atoms with Crippen LogP contribution in [0.2, 0.25) is 5.02 Å². The molecule has 1 fully saturated rings. The maximum atomic E-state index is 12.1. The molecule has 0 aliphatic carbocycles. The van der Waals surface area contributed by atoms with Gasteiger partial charge in [-0.2, -0.15) is 0 Å². The third-order valence-electron chi connectivity index (χ3n) is 3.61. The van der Waals surface area contributed by atoms with Crippen LogP contribution in [0.1, 0.15) is 9.67 Å². The molecule has 1 aliphatic rings. The minimum atomic E-state index is -0.325. The van der Waals surface area contributed by atoms with Crippen molar-refractivity contribution in [2.75, 3.05) is 39.5 Å². The average molecular weight is 362 g/mol. The summed E-state index contributed by atoms with van der Waals surface area (Å²) in [6.07, 6.45) is 0. The first-order chi connectivity index (χ1) is 10.3. The van der Waals surface area contributed by atoms with Gasteiger partial charge in [-0.3, -0.25) is 0 Å². The molecule has 120 valence electrons. The van der Waals surface area contributed by atoms with E-state index in [-0.39, 0.29) is 18.4 Å². The van der Waals surface area contributed by atoms with Crippen LogP contribution < -0.4 is 17.3 Å². The molecule has 22 heavy (non-hydrogen) atoms. The highest BCUT2D eigenvalue weighted by Crippen LogP contribution is 2.35. The summed E-state index contributed by atoms with van der Waals surface area (Å²) in [6, 6.07) is 7.73. The van der Waals surface area contributed by atoms with Gasteiger partial charge in [0.05, 0.1) is 18.2 Å². The molecule has 1 N–H and O–H groups in total. The maximum Gasteiger partial charge on any atom is 0.350 e. The van der Waals surface area contributed by atoms with Crippen LogP contribution >= 0.6 is 22.9 Å². The smallest absolute Gasteiger partial charge is 0.350 e. The number of carbonyl (C=O) groups is 1. The van der Waals surface area contributed by atoms with Crippen LogP contribution in [-0.2, 0) is 9.47 Å². The number of ether oxygens (including phenoxy) is 2. The van der Waals surface area contributed by atoms with E-state index in [9.17, 15) is 4.79 Å². The number of hydrogen-bond donors (Lipinski definition) is 1. The van der Waals surface area contributed by atoms with E-state index in [1.165, 1.54) is 16.2 Å². The summed E-state index contributed by atoms with van der Waals surface area (Å²) in [5.41, 5.74) is 0. The van der Waals surface area contributed by atoms with E-state index in [2.05, 4.69) is 0 Å². The first-order valence-corrected chi connectivity index (χ1v) is 8.20. The Morgan fingerprint density at radius 2 is 2.05 bits per heavy atom. The largest absolute Gasteiger partial charge is 1.00 e. The number of benzene rings is 1. The van der Waals surface area contributed by atoms with Crippen molar-refractivity contribution in [1.29, 1.82) is 0 Å². The summed E-state index contributed by atoms with van der Waals surface area (Å²) < 4.78 is 11.7. The van der Waals surface area contributed by atoms with E-state index in [4.69, 9.17) is 21.1 Å². The van der Waals surface area contributed by atoms with E-state index in [1.807, 2.05) is 24.3 Å². The molecular formula is C15H17Cl2NO3S. The van der Waals surface area contributed by atoms with Crippen molar-refractivity contribution in [3.05, 3.63) is 34.2 Å². The van der Waals surface area contributed by atoms with Gasteiger partial charge < -0.3 is 26.8 Å². The van der Waals surface area contributed by atoms with Gasteiger partial charge in [-0.25, -0.2) is 4.79 Å². The predicted octanol–water partition coefficient (Wildman–Crippen LogP) is -1.37. The molecule has 0 unspecified atom stereocenters. The quantitative estimate of drug-likeness (QED) is 0.683. The van der Waals surface area contributed by atoms with Crippen molar-refractivity contribution >= 4 is 39.0 Å². The van der Waals surface area contributed by atoms with Gasteiger partial charge in [0.25, 0.3) is 0 Å². The Balaban J connectivity index is 0.00000176. The highest BCUT2D eigenvalue weighted by molar-refractivity contribution is 7.21. The second kappa shape index (κ2) is 8.13. The molecule has 7 heteroatoms. The van der Waals surface area contributed by atoms with E-state index < -0.39 is 0 Å². The van der Waals surface area contributed by atoms with Crippen molar-refractivity contribution in [2.45, 2.75) is 0 Å². The average Bonchev–Trinajstić information content (AvgIpc) is 2.86. The lowest BCUT2D eigenvalue weighted by Crippen LogP contribution is -3.14. The van der Waals surface area contributed by atoms with E-state index in [0.717, 1.165) is 42.9 Å². The third-order valence-corrected chi connectivity index (χ3v) is 5.26. The first kappa shape index (κ1) is 17.5. The number of quaternary nitrogens is 1. The fourth-order valence-corrected chi connectivity index (χ4v) is 3.81. The molecular weight excluding hydrogens is 345 g/mol. The topological polar surface area (TPSA) is 40.0 Å². The van der Waals surface area contributed by atoms with Gasteiger partial charge >= 0.3 is 5.97 Å². The number of esters is 1. The lowest BCUT2D eigenvalue weighted by atomic mass is 10.2. The second-order valence-corrected chi connectivity index (χ2v) is 6.42. The van der Waals surface area contributed by atoms with Gasteiger partial charge in [-0.1, -0.05) is 29.8 Å². The number of carbonyl (C=O) groups excluding carboxylic acids is 1. The summed E-state index contributed by atoms with van der Waals surface area (Å²) in [5, 5.41) is 1.41. The van der Waals surface area contributed by atoms with Crippen LogP contribution in [0.4, 0.5) is 0 Å². The molecule has 0 saturated carbocycles. The van der Waals surface area contributed by atoms with E-state index >= 15 is 0 Å². The van der Waals surface area contributed by atoms with Gasteiger partial charge in [-0.05, 0) is 6.07 Å². The molecule has 4 nitrogen and oxygen atoms in total. The SMILES string of the molecule is O=C(OCC[NH+]1CCOCC1)c1sc2ccccc2c1Cl.[Cl-]. The van der Waals surface area contributed by atoms with Crippen LogP contribution in [0.5, 0.6) is 0 Å². The van der Waals surface area contributed by atoms with Crippen molar-refractivity contribution < 1.29 is 31.6 Å². The number of nitrogens with one attached hydrogen (secondary N) is 1. The Morgan fingerprint density at radius 3 is 2.77 bits per heavy atom. The zero-order chi connectivity index (χ0) is 14.7. The van der Waals surface area contributed by atoms with Crippen LogP contribution in [0.15, 0.2) is 24.3 Å². The van der Waals surface area contributed by atoms with Gasteiger partial charge in [0.2, 0.25) is 0 Å². The highest BCUT2D eigenvalue weighted by atomic mass is 35.5. The fraction of sp³-hybridized carbons (Fsp3) is 0.400. The van der Waals surface area contributed by atoms with Crippen LogP contribution in [-0.4, -0.2) is 45.4 Å². The molecule has 1 aromatic heterocycles.